The summed E-state index contributed by atoms with van der Waals surface area (Å²) in [6.45, 7) is 8.27. The zero-order valence-electron chi connectivity index (χ0n) is 25.9. The Kier molecular flexibility index (Phi) is 11.6. The summed E-state index contributed by atoms with van der Waals surface area (Å²) in [5.41, 5.74) is 5.75. The van der Waals surface area contributed by atoms with Gasteiger partial charge in [-0.3, -0.25) is 9.69 Å². The van der Waals surface area contributed by atoms with Gasteiger partial charge in [-0.2, -0.15) is 0 Å². The van der Waals surface area contributed by atoms with Crippen molar-refractivity contribution in [2.45, 2.75) is 45.5 Å². The molecule has 3 aromatic rings. The molecule has 2 aliphatic rings. The molecule has 0 spiro atoms. The maximum Gasteiger partial charge on any atom is 0.325 e. The zero-order chi connectivity index (χ0) is 31.6. The highest BCUT2D eigenvalue weighted by Crippen LogP contribution is 2.42. The summed E-state index contributed by atoms with van der Waals surface area (Å²) < 4.78 is 23.8. The van der Waals surface area contributed by atoms with E-state index in [-0.39, 0.29) is 37.9 Å². The van der Waals surface area contributed by atoms with Crippen LogP contribution in [0.4, 0.5) is 4.79 Å². The number of carbonyl (C=O) groups is 2. The van der Waals surface area contributed by atoms with Crippen molar-refractivity contribution in [1.82, 2.24) is 15.5 Å². The molecule has 240 valence electrons. The lowest BCUT2D eigenvalue weighted by Crippen LogP contribution is -2.47. The van der Waals surface area contributed by atoms with Gasteiger partial charge in [-0.25, -0.2) is 4.79 Å². The summed E-state index contributed by atoms with van der Waals surface area (Å²) in [4.78, 5) is 26.1. The number of aliphatic hydroxyl groups excluding tert-OH is 1. The molecule has 5 rings (SSSR count). The lowest BCUT2D eigenvalue weighted by atomic mass is 9.89. The summed E-state index contributed by atoms with van der Waals surface area (Å²) in [6.07, 6.45) is -0.810. The summed E-state index contributed by atoms with van der Waals surface area (Å²) in [5, 5.41) is 14.8. The molecule has 0 aliphatic carbocycles. The van der Waals surface area contributed by atoms with Gasteiger partial charge in [-0.1, -0.05) is 67.6 Å². The number of amides is 2. The Balaban J connectivity index is 1.31. The molecule has 10 nitrogen and oxygen atoms in total. The van der Waals surface area contributed by atoms with Crippen molar-refractivity contribution in [1.29, 1.82) is 0 Å². The van der Waals surface area contributed by atoms with Crippen molar-refractivity contribution in [2.24, 2.45) is 5.92 Å². The number of nitrogens with zero attached hydrogens (tertiary/aromatic N) is 1. The minimum atomic E-state index is -0.567. The standard InChI is InChI=1S/C35H43N3O7/c1-3-43-32(40)21-37-35(41)36-20-26-6-4-7-28(18-26)29-8-5-9-30(19-29)34-44-31(22-38-14-16-42-17-15-38)24(2)33(45-34)27-12-10-25(23-39)11-13-27/h4-13,18-19,24,31,33-34,39H,3,14-17,20-23H2,1-2H3,(H2,36,37,41)/t24-,31+,33+,34+/m0/s1. The molecule has 4 atom stereocenters. The van der Waals surface area contributed by atoms with Gasteiger partial charge < -0.3 is 34.7 Å². The molecule has 0 saturated carbocycles. The van der Waals surface area contributed by atoms with Gasteiger partial charge in [-0.15, -0.1) is 0 Å². The monoisotopic (exact) mass is 617 g/mol. The second-order valence-electron chi connectivity index (χ2n) is 11.4. The first-order chi connectivity index (χ1) is 21.9. The van der Waals surface area contributed by atoms with Crippen molar-refractivity contribution in [2.75, 3.05) is 46.0 Å². The average molecular weight is 618 g/mol. The largest absolute Gasteiger partial charge is 0.465 e. The smallest absolute Gasteiger partial charge is 0.325 e. The van der Waals surface area contributed by atoms with Crippen LogP contribution in [-0.4, -0.2) is 74.1 Å². The summed E-state index contributed by atoms with van der Waals surface area (Å²) in [5.74, 6) is -0.376. The van der Waals surface area contributed by atoms with Crippen LogP contribution in [0.1, 0.15) is 48.5 Å². The fourth-order valence-corrected chi connectivity index (χ4v) is 5.70. The van der Waals surface area contributed by atoms with E-state index < -0.39 is 18.3 Å². The Hall–Kier alpha value is -3.80. The number of esters is 1. The molecule has 45 heavy (non-hydrogen) atoms. The average Bonchev–Trinajstić information content (AvgIpc) is 3.08. The van der Waals surface area contributed by atoms with Crippen LogP contribution in [0.15, 0.2) is 72.8 Å². The van der Waals surface area contributed by atoms with Gasteiger partial charge in [0.2, 0.25) is 0 Å². The van der Waals surface area contributed by atoms with Crippen molar-refractivity contribution in [3.05, 3.63) is 95.1 Å². The number of hydrogen-bond donors (Lipinski definition) is 3. The van der Waals surface area contributed by atoms with Crippen LogP contribution < -0.4 is 10.6 Å². The highest BCUT2D eigenvalue weighted by atomic mass is 16.7. The second kappa shape index (κ2) is 16.0. The van der Waals surface area contributed by atoms with Crippen molar-refractivity contribution in [3.8, 4) is 11.1 Å². The number of nitrogens with one attached hydrogen (secondary N) is 2. The first-order valence-corrected chi connectivity index (χ1v) is 15.6. The Morgan fingerprint density at radius 1 is 0.911 bits per heavy atom. The van der Waals surface area contributed by atoms with E-state index in [9.17, 15) is 14.7 Å². The third-order valence-corrected chi connectivity index (χ3v) is 8.24. The Morgan fingerprint density at radius 2 is 1.64 bits per heavy atom. The quantitative estimate of drug-likeness (QED) is 0.272. The molecule has 0 radical (unpaired) electrons. The number of rotatable bonds is 11. The van der Waals surface area contributed by atoms with Crippen LogP contribution in [0.25, 0.3) is 11.1 Å². The van der Waals surface area contributed by atoms with Crippen LogP contribution in [0.5, 0.6) is 0 Å². The maximum atomic E-state index is 12.2. The minimum absolute atomic E-state index is 0.000511. The molecule has 2 fully saturated rings. The second-order valence-corrected chi connectivity index (χ2v) is 11.4. The van der Waals surface area contributed by atoms with E-state index in [1.807, 2.05) is 66.7 Å². The van der Waals surface area contributed by atoms with Gasteiger partial charge >= 0.3 is 12.0 Å². The molecule has 2 aliphatic heterocycles. The number of ether oxygens (including phenoxy) is 4. The van der Waals surface area contributed by atoms with E-state index >= 15 is 0 Å². The highest BCUT2D eigenvalue weighted by molar-refractivity contribution is 5.80. The van der Waals surface area contributed by atoms with E-state index in [0.29, 0.717) is 6.54 Å². The maximum absolute atomic E-state index is 12.2. The van der Waals surface area contributed by atoms with Crippen LogP contribution >= 0.6 is 0 Å². The normalized spacial score (nSPS) is 22.0. The van der Waals surface area contributed by atoms with Crippen molar-refractivity contribution < 1.29 is 33.6 Å². The zero-order valence-corrected chi connectivity index (χ0v) is 25.9. The molecule has 2 saturated heterocycles. The van der Waals surface area contributed by atoms with E-state index in [4.69, 9.17) is 18.9 Å². The van der Waals surface area contributed by atoms with E-state index in [1.54, 1.807) is 6.92 Å². The number of hydrogen-bond acceptors (Lipinski definition) is 8. The Morgan fingerprint density at radius 3 is 2.38 bits per heavy atom. The van der Waals surface area contributed by atoms with Gasteiger partial charge in [0.25, 0.3) is 0 Å². The Labute approximate surface area is 264 Å². The van der Waals surface area contributed by atoms with Crippen molar-refractivity contribution in [3.63, 3.8) is 0 Å². The molecule has 2 heterocycles. The number of urea groups is 1. The molecule has 3 N–H and O–H groups in total. The minimum Gasteiger partial charge on any atom is -0.465 e. The van der Waals surface area contributed by atoms with Crippen LogP contribution in [0.2, 0.25) is 0 Å². The fraction of sp³-hybridized carbons (Fsp3) is 0.429. The Bertz CT molecular complexity index is 1410. The molecular formula is C35H43N3O7. The molecule has 10 heteroatoms. The third kappa shape index (κ3) is 8.90. The van der Waals surface area contributed by atoms with Crippen molar-refractivity contribution >= 4 is 12.0 Å². The first kappa shape index (κ1) is 32.6. The lowest BCUT2D eigenvalue weighted by molar-refractivity contribution is -0.277. The van der Waals surface area contributed by atoms with E-state index in [2.05, 4.69) is 28.5 Å². The topological polar surface area (TPSA) is 119 Å². The number of carbonyl (C=O) groups excluding carboxylic acids is 2. The summed E-state index contributed by atoms with van der Waals surface area (Å²) in [7, 11) is 0. The molecule has 0 bridgehead atoms. The van der Waals surface area contributed by atoms with E-state index in [0.717, 1.165) is 66.2 Å². The number of morpholine rings is 1. The SMILES string of the molecule is CCOC(=O)CNC(=O)NCc1cccc(-c2cccc([C@@H]3O[C@H](CN4CCOCC4)[C@H](C)[C@H](c4ccc(CO)cc4)O3)c2)c1. The predicted octanol–water partition coefficient (Wildman–Crippen LogP) is 4.33. The van der Waals surface area contributed by atoms with Gasteiger partial charge in [-0.05, 0) is 46.9 Å². The van der Waals surface area contributed by atoms with Gasteiger partial charge in [0.15, 0.2) is 6.29 Å². The highest BCUT2D eigenvalue weighted by Gasteiger charge is 2.39. The summed E-state index contributed by atoms with van der Waals surface area (Å²) in [6, 6.07) is 23.6. The first-order valence-electron chi connectivity index (χ1n) is 15.6. The fourth-order valence-electron chi connectivity index (χ4n) is 5.70. The molecular weight excluding hydrogens is 574 g/mol. The van der Waals surface area contributed by atoms with Crippen LogP contribution in [-0.2, 0) is 36.9 Å². The van der Waals surface area contributed by atoms with E-state index in [1.165, 1.54) is 0 Å². The molecule has 0 unspecified atom stereocenters. The van der Waals surface area contributed by atoms with Crippen LogP contribution in [0.3, 0.4) is 0 Å². The predicted molar refractivity (Wildman–Crippen MR) is 169 cm³/mol. The lowest BCUT2D eigenvalue weighted by Gasteiger charge is -2.43. The number of aliphatic hydroxyl groups is 1. The molecule has 0 aromatic heterocycles. The molecule has 3 aromatic carbocycles. The van der Waals surface area contributed by atoms with Crippen LogP contribution in [0, 0.1) is 5.92 Å². The third-order valence-electron chi connectivity index (χ3n) is 8.24. The number of benzene rings is 3. The van der Waals surface area contributed by atoms with Gasteiger partial charge in [0.05, 0.1) is 38.6 Å². The summed E-state index contributed by atoms with van der Waals surface area (Å²) >= 11 is 0. The molecule has 2 amide bonds. The van der Waals surface area contributed by atoms with Gasteiger partial charge in [0, 0.05) is 37.7 Å². The van der Waals surface area contributed by atoms with Gasteiger partial charge in [0.1, 0.15) is 6.54 Å².